The molecular formula is C21H24N2O6S. The van der Waals surface area contributed by atoms with E-state index < -0.39 is 28.0 Å². The number of sulfonamides is 1. The number of benzene rings is 2. The first-order valence-electron chi connectivity index (χ1n) is 9.48. The summed E-state index contributed by atoms with van der Waals surface area (Å²) in [5.74, 6) is -0.647. The Bertz CT molecular complexity index is 1070. The van der Waals surface area contributed by atoms with E-state index in [-0.39, 0.29) is 11.3 Å². The van der Waals surface area contributed by atoms with E-state index in [4.69, 9.17) is 9.47 Å². The van der Waals surface area contributed by atoms with E-state index in [9.17, 15) is 18.0 Å². The SMILES string of the molecule is COc1ccc(C)cc1NC(=O)C(C)OC(=O)c1cccc(N2CCCS2(=O)=O)c1. The second-order valence-electron chi connectivity index (χ2n) is 7.03. The summed E-state index contributed by atoms with van der Waals surface area (Å²) in [6, 6.07) is 11.5. The first kappa shape index (κ1) is 21.6. The zero-order valence-electron chi connectivity index (χ0n) is 17.0. The number of esters is 1. The molecule has 1 amide bonds. The number of carbonyl (C=O) groups excluding carboxylic acids is 2. The normalized spacial score (nSPS) is 16.0. The van der Waals surface area contributed by atoms with Crippen LogP contribution < -0.4 is 14.4 Å². The number of methoxy groups -OCH3 is 1. The van der Waals surface area contributed by atoms with Gasteiger partial charge in [-0.1, -0.05) is 12.1 Å². The third-order valence-corrected chi connectivity index (χ3v) is 6.60. The molecule has 1 unspecified atom stereocenters. The highest BCUT2D eigenvalue weighted by Crippen LogP contribution is 2.26. The molecule has 0 aliphatic carbocycles. The highest BCUT2D eigenvalue weighted by Gasteiger charge is 2.29. The molecule has 2 aromatic rings. The van der Waals surface area contributed by atoms with Crippen LogP contribution in [0.2, 0.25) is 0 Å². The molecule has 0 aromatic heterocycles. The molecule has 1 saturated heterocycles. The van der Waals surface area contributed by atoms with Crippen molar-refractivity contribution in [1.82, 2.24) is 0 Å². The average Bonchev–Trinajstić information content (AvgIpc) is 3.07. The number of amides is 1. The van der Waals surface area contributed by atoms with Gasteiger partial charge in [-0.05, 0) is 56.2 Å². The quantitative estimate of drug-likeness (QED) is 0.705. The van der Waals surface area contributed by atoms with Crippen molar-refractivity contribution >= 4 is 33.3 Å². The summed E-state index contributed by atoms with van der Waals surface area (Å²) in [4.78, 5) is 25.0. The number of anilines is 2. The van der Waals surface area contributed by atoms with Gasteiger partial charge in [-0.25, -0.2) is 13.2 Å². The molecule has 0 spiro atoms. The average molecular weight is 432 g/mol. The number of hydrogen-bond donors (Lipinski definition) is 1. The Morgan fingerprint density at radius 2 is 1.93 bits per heavy atom. The van der Waals surface area contributed by atoms with Gasteiger partial charge in [0, 0.05) is 6.54 Å². The summed E-state index contributed by atoms with van der Waals surface area (Å²) in [5, 5.41) is 2.70. The fraction of sp³-hybridized carbons (Fsp3) is 0.333. The van der Waals surface area contributed by atoms with Crippen molar-refractivity contribution in [3.63, 3.8) is 0 Å². The lowest BCUT2D eigenvalue weighted by Gasteiger charge is -2.18. The van der Waals surface area contributed by atoms with Gasteiger partial charge in [0.25, 0.3) is 5.91 Å². The lowest BCUT2D eigenvalue weighted by atomic mass is 10.2. The summed E-state index contributed by atoms with van der Waals surface area (Å²) in [5.41, 5.74) is 1.99. The summed E-state index contributed by atoms with van der Waals surface area (Å²) in [7, 11) is -1.86. The molecule has 1 heterocycles. The predicted molar refractivity (Wildman–Crippen MR) is 113 cm³/mol. The monoisotopic (exact) mass is 432 g/mol. The Morgan fingerprint density at radius 3 is 2.60 bits per heavy atom. The molecule has 9 heteroatoms. The Hall–Kier alpha value is -3.07. The van der Waals surface area contributed by atoms with Crippen LogP contribution in [0.25, 0.3) is 0 Å². The minimum Gasteiger partial charge on any atom is -0.495 e. The molecule has 0 bridgehead atoms. The van der Waals surface area contributed by atoms with Gasteiger partial charge in [-0.15, -0.1) is 0 Å². The van der Waals surface area contributed by atoms with Crippen molar-refractivity contribution in [3.8, 4) is 5.75 Å². The number of carbonyl (C=O) groups is 2. The van der Waals surface area contributed by atoms with Crippen molar-refractivity contribution in [3.05, 3.63) is 53.6 Å². The molecular weight excluding hydrogens is 408 g/mol. The van der Waals surface area contributed by atoms with Gasteiger partial charge >= 0.3 is 5.97 Å². The minimum atomic E-state index is -3.36. The number of rotatable bonds is 6. The standard InChI is InChI=1S/C21H24N2O6S/c1-14-8-9-19(28-3)18(12-14)22-20(24)15(2)29-21(25)16-6-4-7-17(13-16)23-10-5-11-30(23,26)27/h4,6-9,12-13,15H,5,10-11H2,1-3H3,(H,22,24). The summed E-state index contributed by atoms with van der Waals surface area (Å²) in [6.07, 6.45) is -0.529. The van der Waals surface area contributed by atoms with Crippen LogP contribution in [0.15, 0.2) is 42.5 Å². The third-order valence-electron chi connectivity index (χ3n) is 4.74. The summed E-state index contributed by atoms with van der Waals surface area (Å²) >= 11 is 0. The molecule has 30 heavy (non-hydrogen) atoms. The maximum absolute atomic E-state index is 12.5. The molecule has 1 N–H and O–H groups in total. The van der Waals surface area contributed by atoms with Gasteiger partial charge in [-0.2, -0.15) is 0 Å². The molecule has 2 aromatic carbocycles. The van der Waals surface area contributed by atoms with E-state index in [0.717, 1.165) is 5.56 Å². The highest BCUT2D eigenvalue weighted by molar-refractivity contribution is 7.93. The Labute approximate surface area is 175 Å². The molecule has 8 nitrogen and oxygen atoms in total. The van der Waals surface area contributed by atoms with E-state index >= 15 is 0 Å². The van der Waals surface area contributed by atoms with Crippen LogP contribution in [-0.2, 0) is 19.6 Å². The molecule has 1 atom stereocenters. The molecule has 1 fully saturated rings. The van der Waals surface area contributed by atoms with Gasteiger partial charge in [0.15, 0.2) is 6.10 Å². The molecule has 0 radical (unpaired) electrons. The molecule has 1 aliphatic heterocycles. The molecule has 1 aliphatic rings. The molecule has 160 valence electrons. The van der Waals surface area contributed by atoms with Crippen molar-refractivity contribution < 1.29 is 27.5 Å². The van der Waals surface area contributed by atoms with Gasteiger partial charge < -0.3 is 14.8 Å². The predicted octanol–water partition coefficient (Wildman–Crippen LogP) is 2.73. The Morgan fingerprint density at radius 1 is 1.17 bits per heavy atom. The number of aryl methyl sites for hydroxylation is 1. The van der Waals surface area contributed by atoms with Gasteiger partial charge in [-0.3, -0.25) is 9.10 Å². The third kappa shape index (κ3) is 4.73. The van der Waals surface area contributed by atoms with Crippen LogP contribution in [0.4, 0.5) is 11.4 Å². The van der Waals surface area contributed by atoms with E-state index in [2.05, 4.69) is 5.32 Å². The van der Waals surface area contributed by atoms with Gasteiger partial charge in [0.2, 0.25) is 10.0 Å². The van der Waals surface area contributed by atoms with Crippen molar-refractivity contribution in [2.75, 3.05) is 29.0 Å². The summed E-state index contributed by atoms with van der Waals surface area (Å²) in [6.45, 7) is 3.72. The number of hydrogen-bond acceptors (Lipinski definition) is 6. The van der Waals surface area contributed by atoms with Crippen LogP contribution in [-0.4, -0.2) is 45.8 Å². The van der Waals surface area contributed by atoms with Gasteiger partial charge in [0.1, 0.15) is 5.75 Å². The topological polar surface area (TPSA) is 102 Å². The van der Waals surface area contributed by atoms with Crippen molar-refractivity contribution in [2.24, 2.45) is 0 Å². The fourth-order valence-electron chi connectivity index (χ4n) is 3.15. The summed E-state index contributed by atoms with van der Waals surface area (Å²) < 4.78 is 36.0. The largest absolute Gasteiger partial charge is 0.495 e. The van der Waals surface area contributed by atoms with E-state index in [0.29, 0.717) is 30.1 Å². The van der Waals surface area contributed by atoms with Crippen LogP contribution in [0.1, 0.15) is 29.3 Å². The first-order chi connectivity index (χ1) is 14.2. The highest BCUT2D eigenvalue weighted by atomic mass is 32.2. The lowest BCUT2D eigenvalue weighted by Crippen LogP contribution is -2.30. The first-order valence-corrected chi connectivity index (χ1v) is 11.1. The number of nitrogens with zero attached hydrogens (tertiary/aromatic N) is 1. The van der Waals surface area contributed by atoms with Crippen LogP contribution in [0, 0.1) is 6.92 Å². The Kier molecular flexibility index (Phi) is 6.31. The zero-order valence-corrected chi connectivity index (χ0v) is 17.9. The number of nitrogens with one attached hydrogen (secondary N) is 1. The zero-order chi connectivity index (χ0) is 21.9. The smallest absolute Gasteiger partial charge is 0.338 e. The maximum Gasteiger partial charge on any atom is 0.338 e. The van der Waals surface area contributed by atoms with Gasteiger partial charge in [0.05, 0.1) is 29.8 Å². The van der Waals surface area contributed by atoms with Crippen LogP contribution >= 0.6 is 0 Å². The molecule has 3 rings (SSSR count). The van der Waals surface area contributed by atoms with Crippen molar-refractivity contribution in [2.45, 2.75) is 26.4 Å². The second kappa shape index (κ2) is 8.74. The van der Waals surface area contributed by atoms with Crippen molar-refractivity contribution in [1.29, 1.82) is 0 Å². The lowest BCUT2D eigenvalue weighted by molar-refractivity contribution is -0.123. The Balaban J connectivity index is 1.69. The van der Waals surface area contributed by atoms with E-state index in [1.807, 2.05) is 13.0 Å². The minimum absolute atomic E-state index is 0.0846. The fourth-order valence-corrected chi connectivity index (χ4v) is 4.71. The van der Waals surface area contributed by atoms with Crippen LogP contribution in [0.5, 0.6) is 5.75 Å². The molecule has 0 saturated carbocycles. The van der Waals surface area contributed by atoms with E-state index in [1.54, 1.807) is 24.3 Å². The maximum atomic E-state index is 12.5. The second-order valence-corrected chi connectivity index (χ2v) is 9.05. The van der Waals surface area contributed by atoms with Crippen LogP contribution in [0.3, 0.4) is 0 Å². The number of ether oxygens (including phenoxy) is 2. The van der Waals surface area contributed by atoms with E-state index in [1.165, 1.54) is 30.5 Å².